The Labute approximate surface area is 191 Å². The highest BCUT2D eigenvalue weighted by Gasteiger charge is 2.32. The molecule has 4 rings (SSSR count). The second kappa shape index (κ2) is 9.74. The van der Waals surface area contributed by atoms with Crippen LogP contribution in [-0.4, -0.2) is 22.7 Å². The molecule has 3 aromatic rings. The molecule has 0 saturated carbocycles. The van der Waals surface area contributed by atoms with Gasteiger partial charge in [-0.1, -0.05) is 42.1 Å². The third-order valence-corrected chi connectivity index (χ3v) is 5.49. The molecular formula is C24H16F3N3O2S. The summed E-state index contributed by atoms with van der Waals surface area (Å²) in [4.78, 5) is 31.0. The fraction of sp³-hybridized carbons (Fsp3) is 0.0417. The van der Waals surface area contributed by atoms with E-state index in [9.17, 15) is 22.8 Å². The predicted octanol–water partition coefficient (Wildman–Crippen LogP) is 5.22. The van der Waals surface area contributed by atoms with Crippen LogP contribution in [0.4, 0.5) is 24.5 Å². The number of carbonyl (C=O) groups is 2. The first kappa shape index (κ1) is 22.3. The zero-order valence-electron chi connectivity index (χ0n) is 17.0. The van der Waals surface area contributed by atoms with E-state index in [1.165, 1.54) is 29.2 Å². The van der Waals surface area contributed by atoms with Crippen molar-refractivity contribution in [3.63, 3.8) is 0 Å². The number of nitrogens with one attached hydrogen (secondary N) is 1. The van der Waals surface area contributed by atoms with E-state index in [1.54, 1.807) is 6.08 Å². The standard InChI is InChI=1S/C24H16F3N3O2S/c25-16-6-9-18(10-7-16)30-23(32)21(12-15-4-2-1-3-5-15)29-24(30)33-14-22(31)28-20-13-17(26)8-11-19(20)27/h1-13H,14H2,(H,28,31)/b21-12-. The minimum Gasteiger partial charge on any atom is -0.323 e. The number of rotatable bonds is 5. The van der Waals surface area contributed by atoms with Crippen LogP contribution in [0.25, 0.3) is 6.08 Å². The van der Waals surface area contributed by atoms with Crippen LogP contribution in [-0.2, 0) is 9.59 Å². The third kappa shape index (κ3) is 5.32. The second-order valence-corrected chi connectivity index (χ2v) is 7.86. The van der Waals surface area contributed by atoms with Gasteiger partial charge in [0.05, 0.1) is 17.1 Å². The van der Waals surface area contributed by atoms with E-state index in [1.807, 2.05) is 30.3 Å². The summed E-state index contributed by atoms with van der Waals surface area (Å²) in [5.41, 5.74) is 0.990. The predicted molar refractivity (Wildman–Crippen MR) is 123 cm³/mol. The minimum atomic E-state index is -0.774. The number of hydrogen-bond acceptors (Lipinski definition) is 4. The fourth-order valence-electron chi connectivity index (χ4n) is 3.03. The fourth-order valence-corrected chi connectivity index (χ4v) is 3.84. The van der Waals surface area contributed by atoms with Crippen molar-refractivity contribution in [2.75, 3.05) is 16.0 Å². The molecule has 166 valence electrons. The summed E-state index contributed by atoms with van der Waals surface area (Å²) in [7, 11) is 0. The molecule has 9 heteroatoms. The Hall–Kier alpha value is -3.85. The van der Waals surface area contributed by atoms with Gasteiger partial charge in [-0.2, -0.15) is 0 Å². The number of benzene rings is 3. The van der Waals surface area contributed by atoms with E-state index in [2.05, 4.69) is 10.3 Å². The van der Waals surface area contributed by atoms with Gasteiger partial charge in [-0.25, -0.2) is 18.2 Å². The maximum atomic E-state index is 13.8. The monoisotopic (exact) mass is 467 g/mol. The molecule has 0 spiro atoms. The van der Waals surface area contributed by atoms with E-state index in [0.717, 1.165) is 35.5 Å². The van der Waals surface area contributed by atoms with Crippen LogP contribution in [0.2, 0.25) is 0 Å². The van der Waals surface area contributed by atoms with Crippen molar-refractivity contribution in [2.45, 2.75) is 0 Å². The van der Waals surface area contributed by atoms with Gasteiger partial charge in [0.1, 0.15) is 23.1 Å². The average molecular weight is 467 g/mol. The number of thioether (sulfide) groups is 1. The summed E-state index contributed by atoms with van der Waals surface area (Å²) < 4.78 is 40.5. The van der Waals surface area contributed by atoms with Crippen LogP contribution in [0.1, 0.15) is 5.56 Å². The Morgan fingerprint density at radius 3 is 2.39 bits per heavy atom. The van der Waals surface area contributed by atoms with Crippen molar-refractivity contribution < 1.29 is 22.8 Å². The smallest absolute Gasteiger partial charge is 0.283 e. The van der Waals surface area contributed by atoms with Crippen LogP contribution < -0.4 is 10.2 Å². The minimum absolute atomic E-state index is 0.143. The molecule has 1 aliphatic rings. The van der Waals surface area contributed by atoms with Crippen molar-refractivity contribution in [1.82, 2.24) is 0 Å². The van der Waals surface area contributed by atoms with Crippen LogP contribution in [0.5, 0.6) is 0 Å². The molecule has 5 nitrogen and oxygen atoms in total. The number of anilines is 2. The molecule has 0 fully saturated rings. The summed E-state index contributed by atoms with van der Waals surface area (Å²) in [5, 5.41) is 2.50. The second-order valence-electron chi connectivity index (χ2n) is 6.91. The molecule has 3 aromatic carbocycles. The largest absolute Gasteiger partial charge is 0.323 e. The molecule has 0 aliphatic carbocycles. The van der Waals surface area contributed by atoms with E-state index in [0.29, 0.717) is 5.69 Å². The Morgan fingerprint density at radius 1 is 0.970 bits per heavy atom. The van der Waals surface area contributed by atoms with Gasteiger partial charge in [0.15, 0.2) is 5.17 Å². The molecule has 0 radical (unpaired) electrons. The SMILES string of the molecule is O=C(CSC1=N/C(=C\c2ccccc2)C(=O)N1c1ccc(F)cc1)Nc1cc(F)ccc1F. The van der Waals surface area contributed by atoms with Crippen molar-refractivity contribution in [3.8, 4) is 0 Å². The summed E-state index contributed by atoms with van der Waals surface area (Å²) in [6.45, 7) is 0. The number of nitrogens with zero attached hydrogens (tertiary/aromatic N) is 2. The number of halogens is 3. The third-order valence-electron chi connectivity index (χ3n) is 4.55. The Morgan fingerprint density at radius 2 is 1.67 bits per heavy atom. The maximum Gasteiger partial charge on any atom is 0.283 e. The van der Waals surface area contributed by atoms with Crippen molar-refractivity contribution in [2.24, 2.45) is 4.99 Å². The van der Waals surface area contributed by atoms with Crippen LogP contribution >= 0.6 is 11.8 Å². The zero-order valence-corrected chi connectivity index (χ0v) is 17.8. The van der Waals surface area contributed by atoms with E-state index >= 15 is 0 Å². The lowest BCUT2D eigenvalue weighted by Crippen LogP contribution is -2.31. The number of aliphatic imine (C=N–C) groups is 1. The van der Waals surface area contributed by atoms with Gasteiger partial charge in [-0.3, -0.25) is 14.5 Å². The Balaban J connectivity index is 1.56. The number of amides is 2. The van der Waals surface area contributed by atoms with E-state index in [-0.39, 0.29) is 22.3 Å². The molecule has 1 aliphatic heterocycles. The van der Waals surface area contributed by atoms with Crippen molar-refractivity contribution in [3.05, 3.63) is 102 Å². The molecule has 0 saturated heterocycles. The summed E-state index contributed by atoms with van der Waals surface area (Å²) in [5.74, 6) is -3.21. The van der Waals surface area contributed by atoms with Crippen LogP contribution in [0.3, 0.4) is 0 Å². The Kier molecular flexibility index (Phi) is 6.60. The van der Waals surface area contributed by atoms with Crippen molar-refractivity contribution >= 4 is 46.2 Å². The average Bonchev–Trinajstić information content (AvgIpc) is 3.11. The molecule has 33 heavy (non-hydrogen) atoms. The first-order chi connectivity index (χ1) is 15.9. The normalized spacial score (nSPS) is 14.5. The van der Waals surface area contributed by atoms with Gasteiger partial charge in [0.2, 0.25) is 5.91 Å². The molecule has 0 bridgehead atoms. The summed E-state index contributed by atoms with van der Waals surface area (Å²) in [6.07, 6.45) is 1.61. The molecular weight excluding hydrogens is 451 g/mol. The maximum absolute atomic E-state index is 13.8. The van der Waals surface area contributed by atoms with Gasteiger partial charge in [-0.05, 0) is 48.0 Å². The zero-order chi connectivity index (χ0) is 23.4. The summed E-state index contributed by atoms with van der Waals surface area (Å²) >= 11 is 0.939. The highest BCUT2D eigenvalue weighted by Crippen LogP contribution is 2.29. The van der Waals surface area contributed by atoms with Gasteiger partial charge in [-0.15, -0.1) is 0 Å². The van der Waals surface area contributed by atoms with Gasteiger partial charge in [0, 0.05) is 6.07 Å². The molecule has 0 atom stereocenters. The number of hydrogen-bond donors (Lipinski definition) is 1. The molecule has 2 amide bonds. The van der Waals surface area contributed by atoms with E-state index < -0.39 is 29.3 Å². The topological polar surface area (TPSA) is 61.8 Å². The van der Waals surface area contributed by atoms with E-state index in [4.69, 9.17) is 0 Å². The quantitative estimate of drug-likeness (QED) is 0.524. The van der Waals surface area contributed by atoms with Crippen LogP contribution in [0, 0.1) is 17.5 Å². The van der Waals surface area contributed by atoms with Gasteiger partial charge in [0.25, 0.3) is 5.91 Å². The number of carbonyl (C=O) groups excluding carboxylic acids is 2. The molecule has 1 N–H and O–H groups in total. The lowest BCUT2D eigenvalue weighted by molar-refractivity contribution is -0.114. The lowest BCUT2D eigenvalue weighted by atomic mass is 10.2. The van der Waals surface area contributed by atoms with Gasteiger partial charge < -0.3 is 5.32 Å². The molecule has 0 unspecified atom stereocenters. The van der Waals surface area contributed by atoms with Crippen LogP contribution in [0.15, 0.2) is 83.5 Å². The highest BCUT2D eigenvalue weighted by molar-refractivity contribution is 8.14. The van der Waals surface area contributed by atoms with Gasteiger partial charge >= 0.3 is 0 Å². The first-order valence-corrected chi connectivity index (χ1v) is 10.7. The lowest BCUT2D eigenvalue weighted by Gasteiger charge is -2.17. The highest BCUT2D eigenvalue weighted by atomic mass is 32.2. The number of amidine groups is 1. The molecule has 0 aromatic heterocycles. The summed E-state index contributed by atoms with van der Waals surface area (Å²) in [6, 6.07) is 17.1. The first-order valence-electron chi connectivity index (χ1n) is 9.74. The van der Waals surface area contributed by atoms with Crippen molar-refractivity contribution in [1.29, 1.82) is 0 Å². The Bertz CT molecular complexity index is 1260. The molecule has 1 heterocycles.